The molecule has 0 radical (unpaired) electrons. The van der Waals surface area contributed by atoms with Crippen LogP contribution in [0.15, 0.2) is 40.4 Å². The Morgan fingerprint density at radius 3 is 2.45 bits per heavy atom. The number of rotatable bonds is 5. The van der Waals surface area contributed by atoms with Gasteiger partial charge in [0.25, 0.3) is 5.56 Å². The number of nitrogens with one attached hydrogen (secondary N) is 2. The smallest absolute Gasteiger partial charge is 0.347 e. The van der Waals surface area contributed by atoms with E-state index in [9.17, 15) is 9.59 Å². The first-order valence-electron chi connectivity index (χ1n) is 9.54. The van der Waals surface area contributed by atoms with Crippen LogP contribution in [0.3, 0.4) is 0 Å². The fourth-order valence-corrected chi connectivity index (χ4v) is 4.16. The molecule has 0 unspecified atom stereocenters. The van der Waals surface area contributed by atoms with Gasteiger partial charge in [-0.25, -0.2) is 9.89 Å². The number of anilines is 1. The Morgan fingerprint density at radius 2 is 1.87 bits per heavy atom. The van der Waals surface area contributed by atoms with Gasteiger partial charge in [0, 0.05) is 17.0 Å². The van der Waals surface area contributed by atoms with Gasteiger partial charge >= 0.3 is 6.03 Å². The highest BCUT2D eigenvalue weighted by Crippen LogP contribution is 2.53. The van der Waals surface area contributed by atoms with E-state index in [0.29, 0.717) is 11.5 Å². The lowest BCUT2D eigenvalue weighted by molar-refractivity contribution is 0.248. The Balaban J connectivity index is 1.66. The molecule has 2 aliphatic rings. The normalized spacial score (nSPS) is 17.5. The van der Waals surface area contributed by atoms with Gasteiger partial charge in [-0.1, -0.05) is 43.6 Å². The number of urea groups is 1. The summed E-state index contributed by atoms with van der Waals surface area (Å²) in [5, 5.41) is 14.2. The van der Waals surface area contributed by atoms with E-state index in [-0.39, 0.29) is 49.9 Å². The van der Waals surface area contributed by atoms with E-state index in [1.54, 1.807) is 6.07 Å². The number of amidine groups is 1. The lowest BCUT2D eigenvalue weighted by Crippen LogP contribution is -2.45. The molecule has 4 rings (SSSR count). The lowest BCUT2D eigenvalue weighted by Gasteiger charge is -2.24. The number of amides is 2. The summed E-state index contributed by atoms with van der Waals surface area (Å²) >= 11 is 12.8. The molecule has 1 aromatic carbocycles. The first kappa shape index (κ1) is 21.2. The first-order chi connectivity index (χ1) is 14.6. The average Bonchev–Trinajstić information content (AvgIpc) is 3.50. The molecule has 0 spiro atoms. The summed E-state index contributed by atoms with van der Waals surface area (Å²) in [6.07, 6.45) is 1.86. The molecule has 1 fully saturated rings. The average molecular weight is 463 g/mol. The largest absolute Gasteiger partial charge is 0.434 e. The fraction of sp³-hybridized carbons (Fsp3) is 0.300. The predicted octanol–water partition coefficient (Wildman–Crippen LogP) is 3.87. The summed E-state index contributed by atoms with van der Waals surface area (Å²) in [7, 11) is 0. The van der Waals surface area contributed by atoms with E-state index in [1.165, 1.54) is 12.1 Å². The Kier molecular flexibility index (Phi) is 5.18. The van der Waals surface area contributed by atoms with Crippen molar-refractivity contribution in [3.8, 4) is 11.6 Å². The number of benzene rings is 1. The fourth-order valence-electron chi connectivity index (χ4n) is 3.61. The maximum absolute atomic E-state index is 12.4. The first-order valence-corrected chi connectivity index (χ1v) is 10.3. The van der Waals surface area contributed by atoms with Crippen molar-refractivity contribution in [3.63, 3.8) is 0 Å². The molecule has 0 saturated heterocycles. The molecule has 4 N–H and O–H groups in total. The van der Waals surface area contributed by atoms with Crippen molar-refractivity contribution in [2.75, 3.05) is 5.01 Å². The number of ether oxygens (including phenoxy) is 1. The Hall–Kier alpha value is -3.04. The van der Waals surface area contributed by atoms with E-state index in [2.05, 4.69) is 41.0 Å². The molecule has 2 aromatic rings. The van der Waals surface area contributed by atoms with Crippen LogP contribution in [0.5, 0.6) is 11.6 Å². The van der Waals surface area contributed by atoms with Crippen LogP contribution in [0, 0.1) is 5.92 Å². The molecule has 0 atom stereocenters. The third-order valence-corrected chi connectivity index (χ3v) is 6.17. The quantitative estimate of drug-likeness (QED) is 0.621. The summed E-state index contributed by atoms with van der Waals surface area (Å²) < 4.78 is 5.81. The molecule has 1 saturated carbocycles. The number of hydrogen-bond donors (Lipinski definition) is 3. The van der Waals surface area contributed by atoms with Crippen LogP contribution in [-0.2, 0) is 5.41 Å². The molecule has 31 heavy (non-hydrogen) atoms. The molecule has 11 heteroatoms. The Bertz CT molecular complexity index is 1160. The van der Waals surface area contributed by atoms with Crippen LogP contribution in [0.2, 0.25) is 10.0 Å². The third-order valence-electron chi connectivity index (χ3n) is 5.61. The zero-order chi connectivity index (χ0) is 22.5. The molecule has 1 aliphatic carbocycles. The maximum Gasteiger partial charge on any atom is 0.347 e. The SMILES string of the molecule is C=C1NC(=O)N(c2cc(Cl)c(Oc3cc(C4(C(C)C)CC4)c(=O)[nH]n3)c(Cl)c2)N=C1N. The highest BCUT2D eigenvalue weighted by molar-refractivity contribution is 6.37. The van der Waals surface area contributed by atoms with Crippen molar-refractivity contribution in [1.29, 1.82) is 0 Å². The Labute approximate surface area is 187 Å². The van der Waals surface area contributed by atoms with E-state index in [1.807, 2.05) is 0 Å². The lowest BCUT2D eigenvalue weighted by atomic mass is 9.86. The van der Waals surface area contributed by atoms with Gasteiger partial charge in [0.15, 0.2) is 11.6 Å². The van der Waals surface area contributed by atoms with Gasteiger partial charge in [0.05, 0.1) is 21.4 Å². The van der Waals surface area contributed by atoms with Crippen LogP contribution >= 0.6 is 23.2 Å². The maximum atomic E-state index is 12.4. The van der Waals surface area contributed by atoms with Crippen LogP contribution in [0.1, 0.15) is 32.3 Å². The highest BCUT2D eigenvalue weighted by Gasteiger charge is 2.48. The summed E-state index contributed by atoms with van der Waals surface area (Å²) in [5.74, 6) is 0.643. The molecule has 2 amide bonds. The van der Waals surface area contributed by atoms with E-state index >= 15 is 0 Å². The topological polar surface area (TPSA) is 126 Å². The summed E-state index contributed by atoms with van der Waals surface area (Å²) in [5.41, 5.74) is 6.44. The molecule has 1 aromatic heterocycles. The van der Waals surface area contributed by atoms with Gasteiger partial charge in [-0.2, -0.15) is 5.01 Å². The summed E-state index contributed by atoms with van der Waals surface area (Å²) in [6, 6.07) is 3.98. The standard InChI is InChI=1S/C20H20Cl2N6O3/c1-9(2)20(4-5-20)12-8-15(25-26-18(12)29)31-16-13(21)6-11(7-14(16)22)28-19(30)24-10(3)17(23)27-28/h6-9H,3-5H2,1-2H3,(H2,23,27)(H,24,30)(H,26,29). The number of carbonyl (C=O) groups is 1. The molecular weight excluding hydrogens is 443 g/mol. The molecule has 0 bridgehead atoms. The molecule has 2 heterocycles. The second kappa shape index (κ2) is 7.58. The molecule has 9 nitrogen and oxygen atoms in total. The molecular formula is C20H20Cl2N6O3. The van der Waals surface area contributed by atoms with Crippen molar-refractivity contribution < 1.29 is 9.53 Å². The van der Waals surface area contributed by atoms with Crippen molar-refractivity contribution in [3.05, 3.63) is 56.4 Å². The predicted molar refractivity (Wildman–Crippen MR) is 119 cm³/mol. The highest BCUT2D eigenvalue weighted by atomic mass is 35.5. The van der Waals surface area contributed by atoms with Crippen LogP contribution in [0.25, 0.3) is 0 Å². The van der Waals surface area contributed by atoms with E-state index in [0.717, 1.165) is 17.9 Å². The summed E-state index contributed by atoms with van der Waals surface area (Å²) in [6.45, 7) is 7.77. The number of hydrazone groups is 1. The Morgan fingerprint density at radius 1 is 1.23 bits per heavy atom. The van der Waals surface area contributed by atoms with Crippen molar-refractivity contribution >= 4 is 40.8 Å². The monoisotopic (exact) mass is 462 g/mol. The number of aromatic nitrogens is 2. The van der Waals surface area contributed by atoms with Crippen molar-refractivity contribution in [1.82, 2.24) is 15.5 Å². The van der Waals surface area contributed by atoms with Gasteiger partial charge in [0.2, 0.25) is 5.88 Å². The minimum absolute atomic E-state index is 0.0521. The van der Waals surface area contributed by atoms with Crippen LogP contribution < -0.4 is 26.4 Å². The van der Waals surface area contributed by atoms with E-state index < -0.39 is 6.03 Å². The number of nitrogens with zero attached hydrogens (tertiary/aromatic N) is 3. The number of hydrogen-bond acceptors (Lipinski definition) is 6. The minimum atomic E-state index is -0.560. The van der Waals surface area contributed by atoms with Crippen LogP contribution in [0.4, 0.5) is 10.5 Å². The number of nitrogens with two attached hydrogens (primary N) is 1. The van der Waals surface area contributed by atoms with E-state index in [4.69, 9.17) is 33.7 Å². The number of aromatic amines is 1. The number of carbonyl (C=O) groups excluding carboxylic acids is 1. The van der Waals surface area contributed by atoms with Gasteiger partial charge < -0.3 is 15.8 Å². The third kappa shape index (κ3) is 3.75. The van der Waals surface area contributed by atoms with Crippen LogP contribution in [-0.4, -0.2) is 22.1 Å². The zero-order valence-electron chi connectivity index (χ0n) is 16.8. The van der Waals surface area contributed by atoms with Gasteiger partial charge in [-0.05, 0) is 30.9 Å². The summed E-state index contributed by atoms with van der Waals surface area (Å²) in [4.78, 5) is 24.6. The van der Waals surface area contributed by atoms with Gasteiger partial charge in [-0.15, -0.1) is 10.2 Å². The molecule has 162 valence electrons. The van der Waals surface area contributed by atoms with Crippen molar-refractivity contribution in [2.45, 2.75) is 32.1 Å². The van der Waals surface area contributed by atoms with Crippen molar-refractivity contribution in [2.24, 2.45) is 16.8 Å². The number of halogens is 2. The van der Waals surface area contributed by atoms with Gasteiger partial charge in [-0.3, -0.25) is 4.79 Å². The minimum Gasteiger partial charge on any atom is -0.434 e. The molecule has 1 aliphatic heterocycles. The van der Waals surface area contributed by atoms with Gasteiger partial charge in [0.1, 0.15) is 0 Å². The second-order valence-corrected chi connectivity index (χ2v) is 8.62. The zero-order valence-corrected chi connectivity index (χ0v) is 18.3. The number of H-pyrrole nitrogens is 1. The second-order valence-electron chi connectivity index (χ2n) is 7.81.